The fourth-order valence-electron chi connectivity index (χ4n) is 4.32. The van der Waals surface area contributed by atoms with Gasteiger partial charge in [0.05, 0.1) is 18.8 Å². The summed E-state index contributed by atoms with van der Waals surface area (Å²) >= 11 is 0. The Morgan fingerprint density at radius 3 is 2.45 bits per heavy atom. The van der Waals surface area contributed by atoms with Crippen LogP contribution in [0, 0.1) is 5.92 Å². The number of benzene rings is 1. The van der Waals surface area contributed by atoms with Gasteiger partial charge in [-0.25, -0.2) is 4.79 Å². The maximum absolute atomic E-state index is 11.9. The highest BCUT2D eigenvalue weighted by atomic mass is 19.4. The van der Waals surface area contributed by atoms with Crippen LogP contribution in [0.25, 0.3) is 0 Å². The molecule has 7 nitrogen and oxygen atoms in total. The number of carbonyl (C=O) groups excluding carboxylic acids is 1. The van der Waals surface area contributed by atoms with Crippen LogP contribution in [0.15, 0.2) is 24.3 Å². The number of carboxylic acid groups (broad SMARTS) is 1. The second-order valence-corrected chi connectivity index (χ2v) is 8.95. The molecule has 2 atom stereocenters. The van der Waals surface area contributed by atoms with E-state index in [1.807, 2.05) is 12.1 Å². The maximum Gasteiger partial charge on any atom is 0.490 e. The minimum absolute atomic E-state index is 0.0142. The van der Waals surface area contributed by atoms with Crippen LogP contribution >= 0.6 is 0 Å². The molecule has 0 bridgehead atoms. The zero-order valence-electron chi connectivity index (χ0n) is 18.7. The van der Waals surface area contributed by atoms with Gasteiger partial charge in [0.1, 0.15) is 5.75 Å². The number of halogens is 3. The molecule has 0 unspecified atom stereocenters. The maximum atomic E-state index is 11.9. The number of ether oxygens (including phenoxy) is 2. The van der Waals surface area contributed by atoms with E-state index in [4.69, 9.17) is 19.4 Å². The van der Waals surface area contributed by atoms with E-state index in [0.29, 0.717) is 6.54 Å². The van der Waals surface area contributed by atoms with Crippen LogP contribution in [0.2, 0.25) is 0 Å². The van der Waals surface area contributed by atoms with Crippen LogP contribution in [0.5, 0.6) is 5.75 Å². The summed E-state index contributed by atoms with van der Waals surface area (Å²) in [5.41, 5.74) is 1.30. The number of carbonyl (C=O) groups is 2. The normalized spacial score (nSPS) is 25.3. The predicted molar refractivity (Wildman–Crippen MR) is 114 cm³/mol. The zero-order valence-corrected chi connectivity index (χ0v) is 18.7. The van der Waals surface area contributed by atoms with Crippen molar-refractivity contribution in [3.05, 3.63) is 29.8 Å². The molecule has 1 saturated carbocycles. The summed E-state index contributed by atoms with van der Waals surface area (Å²) in [7, 11) is 1.70. The third-order valence-electron chi connectivity index (χ3n) is 6.23. The molecular formula is C23H31F3N2O5. The van der Waals surface area contributed by atoms with Crippen molar-refractivity contribution in [2.75, 3.05) is 26.7 Å². The molecule has 4 rings (SSSR count). The van der Waals surface area contributed by atoms with Gasteiger partial charge in [-0.05, 0) is 56.2 Å². The van der Waals surface area contributed by atoms with Crippen molar-refractivity contribution in [1.29, 1.82) is 0 Å². The topological polar surface area (TPSA) is 88.1 Å². The van der Waals surface area contributed by atoms with E-state index < -0.39 is 12.1 Å². The molecule has 2 aliphatic heterocycles. The summed E-state index contributed by atoms with van der Waals surface area (Å²) in [4.78, 5) is 23.3. The van der Waals surface area contributed by atoms with Crippen molar-refractivity contribution in [3.63, 3.8) is 0 Å². The monoisotopic (exact) mass is 472 g/mol. The number of aliphatic carboxylic acids is 1. The largest absolute Gasteiger partial charge is 0.497 e. The van der Waals surface area contributed by atoms with Gasteiger partial charge in [0.15, 0.2) is 0 Å². The van der Waals surface area contributed by atoms with E-state index in [1.165, 1.54) is 12.0 Å². The Morgan fingerprint density at radius 2 is 1.88 bits per heavy atom. The molecule has 33 heavy (non-hydrogen) atoms. The summed E-state index contributed by atoms with van der Waals surface area (Å²) in [6.45, 7) is 3.70. The van der Waals surface area contributed by atoms with Gasteiger partial charge in [-0.1, -0.05) is 12.1 Å². The summed E-state index contributed by atoms with van der Waals surface area (Å²) in [5.74, 6) is -1.36. The lowest BCUT2D eigenvalue weighted by molar-refractivity contribution is -0.192. The molecular weight excluding hydrogens is 441 g/mol. The van der Waals surface area contributed by atoms with E-state index >= 15 is 0 Å². The molecule has 1 spiro atoms. The van der Waals surface area contributed by atoms with Crippen molar-refractivity contribution in [3.8, 4) is 5.75 Å². The lowest BCUT2D eigenvalue weighted by atomic mass is 9.90. The molecule has 3 fully saturated rings. The number of hydrogen-bond donors (Lipinski definition) is 2. The number of amides is 1. The fraction of sp³-hybridized carbons (Fsp3) is 0.652. The first-order valence-electron chi connectivity index (χ1n) is 11.2. The minimum Gasteiger partial charge on any atom is -0.497 e. The smallest absolute Gasteiger partial charge is 0.490 e. The standard InChI is InChI=1S/C21H30N2O3.C2HF3O2/c1-25-18-8-4-16(5-9-18)14-23-12-11-21(15-23)10-2-3-19(26-21)13-22-20(24)17-6-7-17;3-2(4,5)1(6)7/h4-5,8-9,17,19H,2-3,6-7,10-15H2,1H3,(H,22,24);(H,6,7)/t19-,21-;/m1./s1. The number of likely N-dealkylation sites (tertiary alicyclic amines) is 1. The number of carboxylic acids is 1. The summed E-state index contributed by atoms with van der Waals surface area (Å²) in [6.07, 6.45) is 1.69. The van der Waals surface area contributed by atoms with Crippen LogP contribution in [0.4, 0.5) is 13.2 Å². The molecule has 1 aromatic rings. The summed E-state index contributed by atoms with van der Waals surface area (Å²) in [5, 5.41) is 10.2. The Kier molecular flexibility index (Phi) is 8.23. The van der Waals surface area contributed by atoms with Crippen molar-refractivity contribution in [2.45, 2.75) is 63.0 Å². The number of rotatable bonds is 6. The second kappa shape index (κ2) is 10.7. The average Bonchev–Trinajstić information content (AvgIpc) is 3.56. The van der Waals surface area contributed by atoms with Gasteiger partial charge in [0.2, 0.25) is 5.91 Å². The van der Waals surface area contributed by atoms with Gasteiger partial charge in [-0.3, -0.25) is 9.69 Å². The zero-order chi connectivity index (χ0) is 24.1. The second-order valence-electron chi connectivity index (χ2n) is 8.95. The third kappa shape index (κ3) is 7.60. The van der Waals surface area contributed by atoms with E-state index in [1.54, 1.807) is 7.11 Å². The van der Waals surface area contributed by atoms with Crippen LogP contribution in [0.3, 0.4) is 0 Å². The number of nitrogens with one attached hydrogen (secondary N) is 1. The fourth-order valence-corrected chi connectivity index (χ4v) is 4.32. The van der Waals surface area contributed by atoms with Crippen LogP contribution in [0.1, 0.15) is 44.1 Å². The first kappa shape index (κ1) is 25.3. The van der Waals surface area contributed by atoms with E-state index in [-0.39, 0.29) is 23.5 Å². The molecule has 184 valence electrons. The van der Waals surface area contributed by atoms with Crippen LogP contribution in [-0.4, -0.2) is 66.5 Å². The van der Waals surface area contributed by atoms with Gasteiger partial charge in [-0.2, -0.15) is 13.2 Å². The highest BCUT2D eigenvalue weighted by molar-refractivity contribution is 5.80. The van der Waals surface area contributed by atoms with E-state index in [2.05, 4.69) is 22.3 Å². The summed E-state index contributed by atoms with van der Waals surface area (Å²) in [6, 6.07) is 8.33. The molecule has 2 heterocycles. The Hall–Kier alpha value is -2.33. The Morgan fingerprint density at radius 1 is 1.21 bits per heavy atom. The lowest BCUT2D eigenvalue weighted by Crippen LogP contribution is -2.47. The first-order chi connectivity index (χ1) is 15.6. The third-order valence-corrected chi connectivity index (χ3v) is 6.23. The first-order valence-corrected chi connectivity index (χ1v) is 11.2. The quantitative estimate of drug-likeness (QED) is 0.660. The summed E-state index contributed by atoms with van der Waals surface area (Å²) < 4.78 is 43.5. The lowest BCUT2D eigenvalue weighted by Gasteiger charge is -2.39. The molecule has 0 radical (unpaired) electrons. The van der Waals surface area contributed by atoms with Crippen LogP contribution in [-0.2, 0) is 20.9 Å². The van der Waals surface area contributed by atoms with Crippen molar-refractivity contribution in [2.24, 2.45) is 5.92 Å². The van der Waals surface area contributed by atoms with E-state index in [0.717, 1.165) is 57.5 Å². The van der Waals surface area contributed by atoms with Crippen LogP contribution < -0.4 is 10.1 Å². The average molecular weight is 473 g/mol. The van der Waals surface area contributed by atoms with Gasteiger partial charge in [0, 0.05) is 32.1 Å². The van der Waals surface area contributed by atoms with Gasteiger partial charge in [-0.15, -0.1) is 0 Å². The van der Waals surface area contributed by atoms with Gasteiger partial charge >= 0.3 is 12.1 Å². The number of alkyl halides is 3. The molecule has 0 aromatic heterocycles. The highest BCUT2D eigenvalue weighted by Gasteiger charge is 2.43. The molecule has 2 N–H and O–H groups in total. The Labute approximate surface area is 191 Å². The number of methoxy groups -OCH3 is 1. The predicted octanol–water partition coefficient (Wildman–Crippen LogP) is 3.37. The van der Waals surface area contributed by atoms with Crippen molar-refractivity contribution in [1.82, 2.24) is 10.2 Å². The molecule has 1 aliphatic carbocycles. The Balaban J connectivity index is 0.000000383. The minimum atomic E-state index is -5.08. The highest BCUT2D eigenvalue weighted by Crippen LogP contribution is 2.37. The van der Waals surface area contributed by atoms with Gasteiger partial charge in [0.25, 0.3) is 0 Å². The van der Waals surface area contributed by atoms with Crippen molar-refractivity contribution < 1.29 is 37.3 Å². The molecule has 1 amide bonds. The number of hydrogen-bond acceptors (Lipinski definition) is 5. The SMILES string of the molecule is COc1ccc(CN2CC[C@]3(CCC[C@H](CNC(=O)C4CC4)O3)C2)cc1.O=C(O)C(F)(F)F. The molecule has 3 aliphatic rings. The van der Waals surface area contributed by atoms with E-state index in [9.17, 15) is 18.0 Å². The number of nitrogens with zero attached hydrogens (tertiary/aromatic N) is 1. The Bertz CT molecular complexity index is 813. The van der Waals surface area contributed by atoms with Crippen molar-refractivity contribution >= 4 is 11.9 Å². The molecule has 2 saturated heterocycles. The van der Waals surface area contributed by atoms with Gasteiger partial charge < -0.3 is 19.9 Å². The molecule has 1 aromatic carbocycles. The molecule has 10 heteroatoms.